The first kappa shape index (κ1) is 20.6. The normalized spacial score (nSPS) is 29.0. The first-order valence-electron chi connectivity index (χ1n) is 11.2. The largest absolute Gasteiger partial charge is 0.119 e. The summed E-state index contributed by atoms with van der Waals surface area (Å²) in [6.07, 6.45) is 24.9. The molecular weight excluding hydrogens is 336 g/mol. The van der Waals surface area contributed by atoms with Crippen molar-refractivity contribution in [1.29, 1.82) is 0 Å². The SMILES string of the molecule is C#CC1(c2ccc(C#C[C@H]3CC[C@H](CCC)CC3)cc2)C=CC=CC1CCC. The van der Waals surface area contributed by atoms with Gasteiger partial charge >= 0.3 is 0 Å². The lowest BCUT2D eigenvalue weighted by atomic mass is 9.67. The first-order chi connectivity index (χ1) is 13.7. The topological polar surface area (TPSA) is 0 Å². The van der Waals surface area contributed by atoms with Crippen molar-refractivity contribution in [2.45, 2.75) is 70.6 Å². The second-order valence-corrected chi connectivity index (χ2v) is 8.51. The van der Waals surface area contributed by atoms with Crippen LogP contribution in [0.3, 0.4) is 0 Å². The predicted molar refractivity (Wildman–Crippen MR) is 121 cm³/mol. The van der Waals surface area contributed by atoms with Crippen molar-refractivity contribution in [3.63, 3.8) is 0 Å². The average molecular weight is 371 g/mol. The monoisotopic (exact) mass is 370 g/mol. The third-order valence-corrected chi connectivity index (χ3v) is 6.56. The Bertz CT molecular complexity index is 781. The maximum atomic E-state index is 6.05. The summed E-state index contributed by atoms with van der Waals surface area (Å²) in [5.41, 5.74) is 1.99. The molecule has 0 aromatic heterocycles. The highest BCUT2D eigenvalue weighted by Gasteiger charge is 2.35. The molecule has 1 aromatic rings. The lowest BCUT2D eigenvalue weighted by Crippen LogP contribution is -2.32. The van der Waals surface area contributed by atoms with Crippen LogP contribution in [0.15, 0.2) is 48.6 Å². The Morgan fingerprint density at radius 1 is 0.964 bits per heavy atom. The smallest absolute Gasteiger partial charge is 0.0805 e. The van der Waals surface area contributed by atoms with Gasteiger partial charge in [0.1, 0.15) is 0 Å². The molecule has 0 aliphatic heterocycles. The van der Waals surface area contributed by atoms with Crippen molar-refractivity contribution < 1.29 is 0 Å². The lowest BCUT2D eigenvalue weighted by molar-refractivity contribution is 0.300. The van der Waals surface area contributed by atoms with E-state index in [1.54, 1.807) is 0 Å². The van der Waals surface area contributed by atoms with Crippen LogP contribution in [0.5, 0.6) is 0 Å². The molecule has 1 fully saturated rings. The highest BCUT2D eigenvalue weighted by Crippen LogP contribution is 2.39. The molecule has 28 heavy (non-hydrogen) atoms. The predicted octanol–water partition coefficient (Wildman–Crippen LogP) is 7.06. The Morgan fingerprint density at radius 2 is 1.68 bits per heavy atom. The van der Waals surface area contributed by atoms with Crippen LogP contribution in [0, 0.1) is 41.9 Å². The van der Waals surface area contributed by atoms with E-state index in [0.29, 0.717) is 11.8 Å². The fourth-order valence-corrected chi connectivity index (χ4v) is 4.88. The van der Waals surface area contributed by atoms with E-state index < -0.39 is 0 Å². The maximum absolute atomic E-state index is 6.05. The van der Waals surface area contributed by atoms with Crippen LogP contribution in [0.4, 0.5) is 0 Å². The molecule has 3 rings (SSSR count). The van der Waals surface area contributed by atoms with Crippen LogP contribution >= 0.6 is 0 Å². The van der Waals surface area contributed by atoms with E-state index in [9.17, 15) is 0 Å². The summed E-state index contributed by atoms with van der Waals surface area (Å²) in [7, 11) is 0. The molecule has 0 radical (unpaired) electrons. The van der Waals surface area contributed by atoms with Crippen LogP contribution in [-0.2, 0) is 5.41 Å². The third kappa shape index (κ3) is 4.62. The number of benzene rings is 1. The summed E-state index contributed by atoms with van der Waals surface area (Å²) in [5.74, 6) is 12.0. The molecule has 0 heteroatoms. The van der Waals surface area contributed by atoms with Gasteiger partial charge < -0.3 is 0 Å². The molecule has 0 bridgehead atoms. The van der Waals surface area contributed by atoms with Gasteiger partial charge in [-0.3, -0.25) is 0 Å². The van der Waals surface area contributed by atoms with Crippen molar-refractivity contribution in [1.82, 2.24) is 0 Å². The number of hydrogen-bond acceptors (Lipinski definition) is 0. The highest BCUT2D eigenvalue weighted by molar-refractivity contribution is 5.48. The average Bonchev–Trinajstić information content (AvgIpc) is 2.75. The number of terminal acetylenes is 1. The summed E-state index contributed by atoms with van der Waals surface area (Å²) in [6, 6.07) is 8.68. The van der Waals surface area contributed by atoms with E-state index in [4.69, 9.17) is 6.42 Å². The Morgan fingerprint density at radius 3 is 2.32 bits per heavy atom. The van der Waals surface area contributed by atoms with Crippen molar-refractivity contribution in [2.24, 2.45) is 17.8 Å². The lowest BCUT2D eigenvalue weighted by Gasteiger charge is -2.34. The molecule has 1 saturated carbocycles. The molecule has 1 aromatic carbocycles. The number of rotatable bonds is 5. The van der Waals surface area contributed by atoms with Gasteiger partial charge in [0.05, 0.1) is 5.41 Å². The van der Waals surface area contributed by atoms with Crippen molar-refractivity contribution in [3.8, 4) is 24.2 Å². The van der Waals surface area contributed by atoms with Gasteiger partial charge in [0.15, 0.2) is 0 Å². The first-order valence-corrected chi connectivity index (χ1v) is 11.2. The van der Waals surface area contributed by atoms with Gasteiger partial charge in [-0.05, 0) is 55.7 Å². The molecule has 2 unspecified atom stereocenters. The van der Waals surface area contributed by atoms with Gasteiger partial charge in [-0.25, -0.2) is 0 Å². The van der Waals surface area contributed by atoms with Gasteiger partial charge in [-0.2, -0.15) is 0 Å². The Hall–Kier alpha value is -2.18. The quantitative estimate of drug-likeness (QED) is 0.487. The molecule has 0 amide bonds. The number of hydrogen-bond donors (Lipinski definition) is 0. The van der Waals surface area contributed by atoms with E-state index in [1.165, 1.54) is 44.1 Å². The molecule has 2 aliphatic carbocycles. The standard InChI is InChI=1S/C28H34/c1-4-9-23-12-14-24(15-13-23)16-17-25-18-20-27(21-19-25)28(6-3)22-8-7-11-26(28)10-5-2/h3,7-8,11,18-24,26H,4-5,9-10,12-15H2,1-2H3/t23-,24-,26?,28?. The fraction of sp³-hybridized carbons (Fsp3) is 0.500. The summed E-state index contributed by atoms with van der Waals surface area (Å²) in [5, 5.41) is 0. The van der Waals surface area contributed by atoms with Crippen LogP contribution in [0.2, 0.25) is 0 Å². The van der Waals surface area contributed by atoms with E-state index >= 15 is 0 Å². The van der Waals surface area contributed by atoms with E-state index in [0.717, 1.165) is 24.3 Å². The molecule has 146 valence electrons. The molecule has 0 nitrogen and oxygen atoms in total. The van der Waals surface area contributed by atoms with Crippen LogP contribution in [0.1, 0.15) is 76.3 Å². The van der Waals surface area contributed by atoms with Crippen LogP contribution in [0.25, 0.3) is 0 Å². The van der Waals surface area contributed by atoms with Crippen LogP contribution < -0.4 is 0 Å². The maximum Gasteiger partial charge on any atom is 0.0805 e. The van der Waals surface area contributed by atoms with E-state index in [-0.39, 0.29) is 5.41 Å². The Balaban J connectivity index is 1.70. The fourth-order valence-electron chi connectivity index (χ4n) is 4.88. The van der Waals surface area contributed by atoms with Gasteiger partial charge in [0.2, 0.25) is 0 Å². The molecule has 0 spiro atoms. The zero-order valence-electron chi connectivity index (χ0n) is 17.6. The zero-order valence-corrected chi connectivity index (χ0v) is 17.6. The van der Waals surface area contributed by atoms with Gasteiger partial charge in [-0.1, -0.05) is 87.3 Å². The van der Waals surface area contributed by atoms with Gasteiger partial charge in [0, 0.05) is 17.4 Å². The van der Waals surface area contributed by atoms with E-state index in [2.05, 4.69) is 80.2 Å². The zero-order chi connectivity index (χ0) is 19.8. The van der Waals surface area contributed by atoms with Crippen molar-refractivity contribution >= 4 is 0 Å². The minimum atomic E-state index is -0.325. The summed E-state index contributed by atoms with van der Waals surface area (Å²) >= 11 is 0. The Labute approximate surface area is 172 Å². The molecule has 0 saturated heterocycles. The van der Waals surface area contributed by atoms with Crippen molar-refractivity contribution in [3.05, 3.63) is 59.7 Å². The second kappa shape index (κ2) is 9.85. The van der Waals surface area contributed by atoms with Gasteiger partial charge in [0.25, 0.3) is 0 Å². The third-order valence-electron chi connectivity index (χ3n) is 6.56. The summed E-state index contributed by atoms with van der Waals surface area (Å²) < 4.78 is 0. The minimum Gasteiger partial charge on any atom is -0.119 e. The second-order valence-electron chi connectivity index (χ2n) is 8.51. The van der Waals surface area contributed by atoms with E-state index in [1.807, 2.05) is 0 Å². The molecule has 0 heterocycles. The van der Waals surface area contributed by atoms with Gasteiger partial charge in [-0.15, -0.1) is 6.42 Å². The molecular formula is C28H34. The summed E-state index contributed by atoms with van der Waals surface area (Å²) in [6.45, 7) is 4.52. The Kier molecular flexibility index (Phi) is 7.23. The summed E-state index contributed by atoms with van der Waals surface area (Å²) in [4.78, 5) is 0. The van der Waals surface area contributed by atoms with Crippen molar-refractivity contribution in [2.75, 3.05) is 0 Å². The molecule has 2 atom stereocenters. The van der Waals surface area contributed by atoms with Crippen LogP contribution in [-0.4, -0.2) is 0 Å². The molecule has 2 aliphatic rings. The number of allylic oxidation sites excluding steroid dienone is 4. The minimum absolute atomic E-state index is 0.325. The highest BCUT2D eigenvalue weighted by atomic mass is 14.4. The molecule has 0 N–H and O–H groups in total.